The molecule has 0 saturated carbocycles. The number of hydrogen-bond acceptors (Lipinski definition) is 4. The molecule has 5 heteroatoms. The second kappa shape index (κ2) is 8.50. The van der Waals surface area contributed by atoms with Crippen LogP contribution in [0.4, 0.5) is 0 Å². The Kier molecular flexibility index (Phi) is 6.10. The molecular formula is C20H26N2O2S. The SMILES string of the molecule is Cc1cc(C)cc(OCC(=O)NCC(c2cccs2)N2CCCC2)c1. The highest BCUT2D eigenvalue weighted by Gasteiger charge is 2.24. The van der Waals surface area contributed by atoms with E-state index in [0.29, 0.717) is 6.54 Å². The molecule has 1 unspecified atom stereocenters. The van der Waals surface area contributed by atoms with E-state index < -0.39 is 0 Å². The molecular weight excluding hydrogens is 332 g/mol. The van der Waals surface area contributed by atoms with Crippen molar-refractivity contribution in [2.24, 2.45) is 0 Å². The Hall–Kier alpha value is -1.85. The summed E-state index contributed by atoms with van der Waals surface area (Å²) < 4.78 is 5.65. The predicted molar refractivity (Wildman–Crippen MR) is 102 cm³/mol. The van der Waals surface area contributed by atoms with Gasteiger partial charge in [0, 0.05) is 11.4 Å². The molecule has 1 amide bonds. The summed E-state index contributed by atoms with van der Waals surface area (Å²) in [6.07, 6.45) is 2.48. The molecule has 134 valence electrons. The first-order chi connectivity index (χ1) is 12.1. The lowest BCUT2D eigenvalue weighted by atomic mass is 10.1. The number of aryl methyl sites for hydroxylation is 2. The van der Waals surface area contributed by atoms with Crippen molar-refractivity contribution in [1.29, 1.82) is 0 Å². The van der Waals surface area contributed by atoms with Gasteiger partial charge in [0.2, 0.25) is 0 Å². The molecule has 0 spiro atoms. The smallest absolute Gasteiger partial charge is 0.258 e. The number of nitrogens with one attached hydrogen (secondary N) is 1. The third-order valence-electron chi connectivity index (χ3n) is 4.51. The van der Waals surface area contributed by atoms with E-state index in [-0.39, 0.29) is 18.6 Å². The van der Waals surface area contributed by atoms with Gasteiger partial charge in [-0.3, -0.25) is 9.69 Å². The van der Waals surface area contributed by atoms with Gasteiger partial charge in [0.05, 0.1) is 6.04 Å². The quantitative estimate of drug-likeness (QED) is 0.821. The molecule has 1 aliphatic rings. The monoisotopic (exact) mass is 358 g/mol. The van der Waals surface area contributed by atoms with Gasteiger partial charge in [-0.15, -0.1) is 11.3 Å². The van der Waals surface area contributed by atoms with Crippen LogP contribution in [-0.2, 0) is 4.79 Å². The summed E-state index contributed by atoms with van der Waals surface area (Å²) in [5, 5.41) is 5.15. The normalized spacial score (nSPS) is 15.9. The average molecular weight is 359 g/mol. The van der Waals surface area contributed by atoms with Gasteiger partial charge in [-0.2, -0.15) is 0 Å². The third kappa shape index (κ3) is 5.06. The zero-order valence-electron chi connectivity index (χ0n) is 15.0. The van der Waals surface area contributed by atoms with Gasteiger partial charge in [-0.05, 0) is 74.5 Å². The van der Waals surface area contributed by atoms with Crippen molar-refractivity contribution in [2.75, 3.05) is 26.2 Å². The minimum Gasteiger partial charge on any atom is -0.484 e. The second-order valence-corrected chi connectivity index (χ2v) is 7.67. The van der Waals surface area contributed by atoms with E-state index in [2.05, 4.69) is 33.8 Å². The fourth-order valence-corrected chi connectivity index (χ4v) is 4.23. The Morgan fingerprint density at radius 1 is 1.24 bits per heavy atom. The van der Waals surface area contributed by atoms with Crippen molar-refractivity contribution >= 4 is 17.2 Å². The zero-order valence-corrected chi connectivity index (χ0v) is 15.8. The Bertz CT molecular complexity index is 673. The van der Waals surface area contributed by atoms with Gasteiger partial charge in [0.15, 0.2) is 6.61 Å². The molecule has 1 aliphatic heterocycles. The molecule has 0 bridgehead atoms. The zero-order chi connectivity index (χ0) is 17.6. The van der Waals surface area contributed by atoms with Crippen molar-refractivity contribution in [3.63, 3.8) is 0 Å². The number of carbonyl (C=O) groups excluding carboxylic acids is 1. The predicted octanol–water partition coefficient (Wildman–Crippen LogP) is 3.70. The van der Waals surface area contributed by atoms with Gasteiger partial charge < -0.3 is 10.1 Å². The van der Waals surface area contributed by atoms with Crippen LogP contribution in [0.5, 0.6) is 5.75 Å². The molecule has 1 saturated heterocycles. The van der Waals surface area contributed by atoms with E-state index in [0.717, 1.165) is 30.0 Å². The number of carbonyl (C=O) groups is 1. The first-order valence-corrected chi connectivity index (χ1v) is 9.75. The molecule has 1 N–H and O–H groups in total. The van der Waals surface area contributed by atoms with Crippen LogP contribution in [0.3, 0.4) is 0 Å². The Balaban J connectivity index is 1.52. The summed E-state index contributed by atoms with van der Waals surface area (Å²) in [6.45, 7) is 6.97. The fraction of sp³-hybridized carbons (Fsp3) is 0.450. The second-order valence-electron chi connectivity index (χ2n) is 6.69. The standard InChI is InChI=1S/C20H26N2O2S/c1-15-10-16(2)12-17(11-15)24-14-20(23)21-13-18(19-6-5-9-25-19)22-7-3-4-8-22/h5-6,9-12,18H,3-4,7-8,13-14H2,1-2H3,(H,21,23). The van der Waals surface area contributed by atoms with Gasteiger partial charge in [0.1, 0.15) is 5.75 Å². The summed E-state index contributed by atoms with van der Waals surface area (Å²) in [6, 6.07) is 10.5. The number of nitrogens with zero attached hydrogens (tertiary/aromatic N) is 1. The van der Waals surface area contributed by atoms with Crippen molar-refractivity contribution in [3.8, 4) is 5.75 Å². The van der Waals surface area contributed by atoms with Crippen molar-refractivity contribution < 1.29 is 9.53 Å². The highest BCUT2D eigenvalue weighted by atomic mass is 32.1. The Labute approximate surface area is 153 Å². The minimum atomic E-state index is -0.0695. The molecule has 0 aliphatic carbocycles. The maximum absolute atomic E-state index is 12.2. The molecule has 0 radical (unpaired) electrons. The van der Waals surface area contributed by atoms with Gasteiger partial charge in [-0.1, -0.05) is 12.1 Å². The van der Waals surface area contributed by atoms with E-state index in [1.807, 2.05) is 26.0 Å². The van der Waals surface area contributed by atoms with Crippen molar-refractivity contribution in [2.45, 2.75) is 32.7 Å². The number of benzene rings is 1. The summed E-state index contributed by atoms with van der Waals surface area (Å²) in [7, 11) is 0. The molecule has 25 heavy (non-hydrogen) atoms. The highest BCUT2D eigenvalue weighted by Crippen LogP contribution is 2.27. The number of amides is 1. The van der Waals surface area contributed by atoms with Crippen LogP contribution in [0.2, 0.25) is 0 Å². The number of ether oxygens (including phenoxy) is 1. The lowest BCUT2D eigenvalue weighted by Crippen LogP contribution is -2.38. The van der Waals surface area contributed by atoms with E-state index in [1.165, 1.54) is 17.7 Å². The molecule has 1 atom stereocenters. The number of hydrogen-bond donors (Lipinski definition) is 1. The van der Waals surface area contributed by atoms with Crippen LogP contribution in [0, 0.1) is 13.8 Å². The highest BCUT2D eigenvalue weighted by molar-refractivity contribution is 7.10. The molecule has 4 nitrogen and oxygen atoms in total. The molecule has 1 fully saturated rings. The summed E-state index contributed by atoms with van der Waals surface area (Å²) in [4.78, 5) is 16.0. The number of thiophene rings is 1. The topological polar surface area (TPSA) is 41.6 Å². The average Bonchev–Trinajstić information content (AvgIpc) is 3.26. The first-order valence-electron chi connectivity index (χ1n) is 8.87. The minimum absolute atomic E-state index is 0.0556. The van der Waals surface area contributed by atoms with Crippen LogP contribution in [-0.4, -0.2) is 37.0 Å². The largest absolute Gasteiger partial charge is 0.484 e. The molecule has 1 aromatic heterocycles. The third-order valence-corrected chi connectivity index (χ3v) is 5.48. The molecule has 3 rings (SSSR count). The lowest BCUT2D eigenvalue weighted by molar-refractivity contribution is -0.123. The van der Waals surface area contributed by atoms with Gasteiger partial charge in [0.25, 0.3) is 5.91 Å². The van der Waals surface area contributed by atoms with Crippen molar-refractivity contribution in [3.05, 3.63) is 51.7 Å². The maximum Gasteiger partial charge on any atom is 0.258 e. The summed E-state index contributed by atoms with van der Waals surface area (Å²) in [5.41, 5.74) is 2.28. The van der Waals surface area contributed by atoms with Gasteiger partial charge in [-0.25, -0.2) is 0 Å². The summed E-state index contributed by atoms with van der Waals surface area (Å²) in [5.74, 6) is 0.682. The van der Waals surface area contributed by atoms with Crippen LogP contribution in [0.25, 0.3) is 0 Å². The first kappa shape index (κ1) is 18.0. The summed E-state index contributed by atoms with van der Waals surface area (Å²) >= 11 is 1.76. The van der Waals surface area contributed by atoms with Crippen LogP contribution >= 0.6 is 11.3 Å². The molecule has 2 heterocycles. The number of likely N-dealkylation sites (tertiary alicyclic amines) is 1. The maximum atomic E-state index is 12.2. The van der Waals surface area contributed by atoms with Crippen molar-refractivity contribution in [1.82, 2.24) is 10.2 Å². The molecule has 2 aromatic rings. The Morgan fingerprint density at radius 3 is 2.60 bits per heavy atom. The van der Waals surface area contributed by atoms with E-state index >= 15 is 0 Å². The lowest BCUT2D eigenvalue weighted by Gasteiger charge is -2.26. The molecule has 1 aromatic carbocycles. The van der Waals surface area contributed by atoms with Crippen LogP contribution < -0.4 is 10.1 Å². The fourth-order valence-electron chi connectivity index (χ4n) is 3.37. The Morgan fingerprint density at radius 2 is 1.96 bits per heavy atom. The van der Waals surface area contributed by atoms with E-state index in [9.17, 15) is 4.79 Å². The van der Waals surface area contributed by atoms with Gasteiger partial charge >= 0.3 is 0 Å². The van der Waals surface area contributed by atoms with Crippen LogP contribution in [0.1, 0.15) is 34.9 Å². The van der Waals surface area contributed by atoms with E-state index in [4.69, 9.17) is 4.74 Å². The number of rotatable bonds is 7. The van der Waals surface area contributed by atoms with Crippen LogP contribution in [0.15, 0.2) is 35.7 Å². The van der Waals surface area contributed by atoms with E-state index in [1.54, 1.807) is 11.3 Å².